The lowest BCUT2D eigenvalue weighted by molar-refractivity contribution is 0.181. The highest BCUT2D eigenvalue weighted by molar-refractivity contribution is 7.95. The number of para-hydroxylation sites is 2. The van der Waals surface area contributed by atoms with Gasteiger partial charge in [-0.3, -0.25) is 9.62 Å². The third-order valence-corrected chi connectivity index (χ3v) is 4.72. The van der Waals surface area contributed by atoms with Crippen LogP contribution in [0.2, 0.25) is 0 Å². The van der Waals surface area contributed by atoms with E-state index in [1.54, 1.807) is 24.3 Å². The van der Waals surface area contributed by atoms with E-state index in [9.17, 15) is 13.2 Å². The van der Waals surface area contributed by atoms with Crippen LogP contribution >= 0.6 is 0 Å². The summed E-state index contributed by atoms with van der Waals surface area (Å²) in [4.78, 5) is 13.1. The Labute approximate surface area is 146 Å². The minimum atomic E-state index is -3.72. The summed E-state index contributed by atoms with van der Waals surface area (Å²) in [6.45, 7) is 2.64. The van der Waals surface area contributed by atoms with Gasteiger partial charge in [0.15, 0.2) is 0 Å². The minimum absolute atomic E-state index is 0.285. The second-order valence-corrected chi connectivity index (χ2v) is 7.21. The molecule has 1 fully saturated rings. The van der Waals surface area contributed by atoms with Crippen molar-refractivity contribution < 1.29 is 17.9 Å². The van der Waals surface area contributed by atoms with Crippen LogP contribution in [0.25, 0.3) is 6.08 Å². The van der Waals surface area contributed by atoms with E-state index in [1.807, 2.05) is 31.2 Å². The van der Waals surface area contributed by atoms with Gasteiger partial charge in [0.25, 0.3) is 10.0 Å². The van der Waals surface area contributed by atoms with Crippen LogP contribution in [0.15, 0.2) is 53.9 Å². The molecule has 0 atom stereocenters. The molecule has 0 saturated carbocycles. The quantitative estimate of drug-likeness (QED) is 0.889. The third-order valence-electron chi connectivity index (χ3n) is 3.72. The van der Waals surface area contributed by atoms with Crippen LogP contribution in [0.1, 0.15) is 11.1 Å². The fraction of sp³-hybridized carbons (Fsp3) is 0.167. The number of sulfonamides is 1. The number of ether oxygens (including phenoxy) is 1. The maximum absolute atomic E-state index is 12.4. The first-order chi connectivity index (χ1) is 11.9. The number of carbonyl (C=O) groups is 1. The summed E-state index contributed by atoms with van der Waals surface area (Å²) in [5, 5.41) is 1.11. The smallest absolute Gasteiger partial charge is 0.414 e. The zero-order valence-corrected chi connectivity index (χ0v) is 14.5. The number of hydrogen-bond donors (Lipinski definition) is 1. The van der Waals surface area contributed by atoms with Gasteiger partial charge in [0.2, 0.25) is 0 Å². The first-order valence-electron chi connectivity index (χ1n) is 7.75. The van der Waals surface area contributed by atoms with Crippen LogP contribution in [-0.2, 0) is 14.8 Å². The molecule has 0 aromatic heterocycles. The Morgan fingerprint density at radius 2 is 1.84 bits per heavy atom. The Hall–Kier alpha value is -2.80. The number of hydrogen-bond acceptors (Lipinski definition) is 4. The average molecular weight is 358 g/mol. The van der Waals surface area contributed by atoms with E-state index >= 15 is 0 Å². The van der Waals surface area contributed by atoms with Crippen LogP contribution in [0.5, 0.6) is 0 Å². The van der Waals surface area contributed by atoms with Crippen molar-refractivity contribution in [2.24, 2.45) is 0 Å². The van der Waals surface area contributed by atoms with Crippen molar-refractivity contribution in [3.8, 4) is 0 Å². The van der Waals surface area contributed by atoms with Crippen molar-refractivity contribution in [2.75, 3.05) is 22.8 Å². The highest BCUT2D eigenvalue weighted by Gasteiger charge is 2.26. The Morgan fingerprint density at radius 3 is 2.52 bits per heavy atom. The van der Waals surface area contributed by atoms with E-state index < -0.39 is 16.1 Å². The average Bonchev–Trinajstić information content (AvgIpc) is 3.00. The highest BCUT2D eigenvalue weighted by atomic mass is 32.2. The maximum Gasteiger partial charge on any atom is 0.414 e. The second-order valence-electron chi connectivity index (χ2n) is 5.64. The molecule has 0 bridgehead atoms. The largest absolute Gasteiger partial charge is 0.447 e. The Balaban J connectivity index is 1.81. The molecule has 1 amide bonds. The van der Waals surface area contributed by atoms with Crippen LogP contribution in [0.3, 0.4) is 0 Å². The van der Waals surface area contributed by atoms with Gasteiger partial charge in [-0.05, 0) is 30.7 Å². The summed E-state index contributed by atoms with van der Waals surface area (Å²) in [6, 6.07) is 14.2. The molecule has 1 saturated heterocycles. The van der Waals surface area contributed by atoms with Gasteiger partial charge in [0.1, 0.15) is 6.61 Å². The molecule has 6 nitrogen and oxygen atoms in total. The molecule has 0 radical (unpaired) electrons. The summed E-state index contributed by atoms with van der Waals surface area (Å²) in [6.07, 6.45) is 1.04. The van der Waals surface area contributed by atoms with Crippen molar-refractivity contribution in [3.05, 3.63) is 65.1 Å². The topological polar surface area (TPSA) is 75.7 Å². The van der Waals surface area contributed by atoms with Crippen LogP contribution < -0.4 is 9.62 Å². The molecule has 0 unspecified atom stereocenters. The third kappa shape index (κ3) is 4.19. The fourth-order valence-corrected chi connectivity index (χ4v) is 3.32. The van der Waals surface area contributed by atoms with Gasteiger partial charge in [-0.2, -0.15) is 0 Å². The number of rotatable bonds is 5. The molecular weight excluding hydrogens is 340 g/mol. The van der Waals surface area contributed by atoms with Gasteiger partial charge in [-0.15, -0.1) is 0 Å². The van der Waals surface area contributed by atoms with E-state index in [2.05, 4.69) is 4.72 Å². The highest BCUT2D eigenvalue weighted by Crippen LogP contribution is 2.29. The standard InChI is InChI=1S/C18H18N2O4S/c1-14-6-8-15(9-7-14)10-13-25(22,23)19-16-4-2-3-5-17(16)20-11-12-24-18(20)21/h2-10,13,19H,11-12H2,1H3/b13-10+. The van der Waals surface area contributed by atoms with E-state index in [-0.39, 0.29) is 6.61 Å². The SMILES string of the molecule is Cc1ccc(/C=C/S(=O)(=O)Nc2ccccc2N2CCOC2=O)cc1. The van der Waals surface area contributed by atoms with Gasteiger partial charge >= 0.3 is 6.09 Å². The zero-order chi connectivity index (χ0) is 17.9. The Morgan fingerprint density at radius 1 is 1.12 bits per heavy atom. The molecular formula is C18H18N2O4S. The van der Waals surface area contributed by atoms with Crippen molar-refractivity contribution in [3.63, 3.8) is 0 Å². The van der Waals surface area contributed by atoms with E-state index in [1.165, 1.54) is 11.0 Å². The zero-order valence-electron chi connectivity index (χ0n) is 13.7. The lowest BCUT2D eigenvalue weighted by Gasteiger charge is -2.17. The second kappa shape index (κ2) is 6.98. The molecule has 1 aliphatic heterocycles. The molecule has 1 aliphatic rings. The van der Waals surface area contributed by atoms with Crippen molar-refractivity contribution >= 4 is 33.6 Å². The predicted molar refractivity (Wildman–Crippen MR) is 97.9 cm³/mol. The fourth-order valence-electron chi connectivity index (χ4n) is 2.44. The van der Waals surface area contributed by atoms with E-state index in [4.69, 9.17) is 4.74 Å². The van der Waals surface area contributed by atoms with Crippen molar-refractivity contribution in [1.82, 2.24) is 0 Å². The van der Waals surface area contributed by atoms with E-state index in [0.717, 1.165) is 16.5 Å². The maximum atomic E-state index is 12.4. The van der Waals surface area contributed by atoms with Gasteiger partial charge in [-0.25, -0.2) is 13.2 Å². The summed E-state index contributed by atoms with van der Waals surface area (Å²) in [7, 11) is -3.72. The van der Waals surface area contributed by atoms with Crippen molar-refractivity contribution in [1.29, 1.82) is 0 Å². The van der Waals surface area contributed by atoms with Gasteiger partial charge in [-0.1, -0.05) is 42.0 Å². The number of nitrogens with zero attached hydrogens (tertiary/aromatic N) is 1. The lowest BCUT2D eigenvalue weighted by Crippen LogP contribution is -2.25. The van der Waals surface area contributed by atoms with Gasteiger partial charge < -0.3 is 4.74 Å². The van der Waals surface area contributed by atoms with Gasteiger partial charge in [0.05, 0.1) is 23.3 Å². The Bertz CT molecular complexity index is 905. The molecule has 0 aliphatic carbocycles. The molecule has 7 heteroatoms. The molecule has 1 heterocycles. The van der Waals surface area contributed by atoms with Crippen LogP contribution in [0.4, 0.5) is 16.2 Å². The van der Waals surface area contributed by atoms with Crippen LogP contribution in [0, 0.1) is 6.92 Å². The number of cyclic esters (lactones) is 1. The van der Waals surface area contributed by atoms with Crippen LogP contribution in [-0.4, -0.2) is 27.7 Å². The number of nitrogens with one attached hydrogen (secondary N) is 1. The molecule has 130 valence electrons. The summed E-state index contributed by atoms with van der Waals surface area (Å²) in [5.41, 5.74) is 2.68. The number of anilines is 2. The molecule has 0 spiro atoms. The molecule has 25 heavy (non-hydrogen) atoms. The van der Waals surface area contributed by atoms with Crippen molar-refractivity contribution in [2.45, 2.75) is 6.92 Å². The summed E-state index contributed by atoms with van der Waals surface area (Å²) in [5.74, 6) is 0. The predicted octanol–water partition coefficient (Wildman–Crippen LogP) is 3.36. The van der Waals surface area contributed by atoms with Gasteiger partial charge in [0, 0.05) is 0 Å². The normalized spacial score (nSPS) is 14.8. The number of amides is 1. The lowest BCUT2D eigenvalue weighted by atomic mass is 10.2. The Kier molecular flexibility index (Phi) is 4.76. The van der Waals surface area contributed by atoms with E-state index in [0.29, 0.717) is 17.9 Å². The molecule has 3 rings (SSSR count). The summed E-state index contributed by atoms with van der Waals surface area (Å²) < 4.78 is 32.1. The number of aryl methyl sites for hydroxylation is 1. The monoisotopic (exact) mass is 358 g/mol. The summed E-state index contributed by atoms with van der Waals surface area (Å²) >= 11 is 0. The molecule has 1 N–H and O–H groups in total. The molecule has 2 aromatic carbocycles. The number of benzene rings is 2. The molecule has 2 aromatic rings. The first kappa shape index (κ1) is 17.0. The first-order valence-corrected chi connectivity index (χ1v) is 9.30. The minimum Gasteiger partial charge on any atom is -0.447 e. The number of carbonyl (C=O) groups excluding carboxylic acids is 1.